The Kier molecular flexibility index (Phi) is 4.74. The minimum atomic E-state index is 0.532. The van der Waals surface area contributed by atoms with Crippen LogP contribution in [0.3, 0.4) is 0 Å². The van der Waals surface area contributed by atoms with Gasteiger partial charge in [-0.15, -0.1) is 11.3 Å². The van der Waals surface area contributed by atoms with Gasteiger partial charge in [0.1, 0.15) is 0 Å². The van der Waals surface area contributed by atoms with Crippen LogP contribution in [0.1, 0.15) is 11.1 Å². The largest absolute Gasteiger partial charge is 0.370 e. The second-order valence-corrected chi connectivity index (χ2v) is 6.14. The van der Waals surface area contributed by atoms with E-state index in [9.17, 15) is 0 Å². The number of aliphatic imine (C=N–C) groups is 1. The van der Waals surface area contributed by atoms with Gasteiger partial charge in [0.2, 0.25) is 0 Å². The zero-order valence-electron chi connectivity index (χ0n) is 12.7. The predicted octanol–water partition coefficient (Wildman–Crippen LogP) is 1.65. The maximum atomic E-state index is 8.79. The Bertz CT molecular complexity index is 693. The van der Waals surface area contributed by atoms with Gasteiger partial charge in [0.25, 0.3) is 0 Å². The summed E-state index contributed by atoms with van der Waals surface area (Å²) in [5.41, 5.74) is 7.81. The number of piperazine rings is 1. The van der Waals surface area contributed by atoms with Crippen LogP contribution in [0.25, 0.3) is 0 Å². The van der Waals surface area contributed by atoms with Crippen molar-refractivity contribution in [3.63, 3.8) is 0 Å². The predicted molar refractivity (Wildman–Crippen MR) is 92.4 cm³/mol. The lowest BCUT2D eigenvalue weighted by Gasteiger charge is -2.35. The number of nitrogens with two attached hydrogens (primary N) is 1. The van der Waals surface area contributed by atoms with Crippen LogP contribution in [0.4, 0.5) is 5.13 Å². The number of hydrogen-bond donors (Lipinski definition) is 1. The van der Waals surface area contributed by atoms with E-state index >= 15 is 0 Å². The van der Waals surface area contributed by atoms with Crippen molar-refractivity contribution in [2.24, 2.45) is 10.7 Å². The Morgan fingerprint density at radius 3 is 2.61 bits per heavy atom. The maximum Gasteiger partial charge on any atom is 0.191 e. The summed E-state index contributed by atoms with van der Waals surface area (Å²) in [5, 5.41) is 11.9. The third-order valence-electron chi connectivity index (χ3n) is 3.80. The van der Waals surface area contributed by atoms with E-state index in [1.54, 1.807) is 23.5 Å². The van der Waals surface area contributed by atoms with Gasteiger partial charge >= 0.3 is 0 Å². The molecule has 23 heavy (non-hydrogen) atoms. The van der Waals surface area contributed by atoms with Crippen molar-refractivity contribution in [3.05, 3.63) is 47.0 Å². The first-order valence-electron chi connectivity index (χ1n) is 7.44. The highest BCUT2D eigenvalue weighted by Gasteiger charge is 2.19. The third-order valence-corrected chi connectivity index (χ3v) is 4.63. The normalized spacial score (nSPS) is 15.5. The van der Waals surface area contributed by atoms with Crippen LogP contribution >= 0.6 is 11.3 Å². The molecule has 0 unspecified atom stereocenters. The van der Waals surface area contributed by atoms with Crippen LogP contribution in [-0.2, 0) is 6.54 Å². The number of rotatable bonds is 3. The van der Waals surface area contributed by atoms with Crippen molar-refractivity contribution in [1.29, 1.82) is 5.26 Å². The standard InChI is InChI=1S/C16H18N6S/c17-11-13-1-3-14(4-2-13)12-20-15(18)21-6-8-22(9-7-21)16-19-5-10-23-16/h1-5,10H,6-9,12H2,(H2,18,20). The fraction of sp³-hybridized carbons (Fsp3) is 0.312. The Labute approximate surface area is 139 Å². The fourth-order valence-electron chi connectivity index (χ4n) is 2.46. The number of guanidine groups is 1. The van der Waals surface area contributed by atoms with E-state index in [0.717, 1.165) is 36.9 Å². The lowest BCUT2D eigenvalue weighted by molar-refractivity contribution is 0.380. The van der Waals surface area contributed by atoms with Crippen molar-refractivity contribution in [2.75, 3.05) is 31.1 Å². The molecule has 0 spiro atoms. The van der Waals surface area contributed by atoms with Gasteiger partial charge in [-0.05, 0) is 17.7 Å². The molecule has 1 fully saturated rings. The Morgan fingerprint density at radius 2 is 2.00 bits per heavy atom. The first kappa shape index (κ1) is 15.3. The first-order chi connectivity index (χ1) is 11.3. The van der Waals surface area contributed by atoms with Gasteiger partial charge in [0.05, 0.1) is 18.2 Å². The number of thiazole rings is 1. The monoisotopic (exact) mass is 326 g/mol. The average molecular weight is 326 g/mol. The molecule has 3 rings (SSSR count). The molecule has 1 aromatic carbocycles. The van der Waals surface area contributed by atoms with Crippen LogP contribution in [0, 0.1) is 11.3 Å². The molecule has 1 aliphatic rings. The molecular weight excluding hydrogens is 308 g/mol. The highest BCUT2D eigenvalue weighted by molar-refractivity contribution is 7.13. The Hall–Kier alpha value is -2.59. The van der Waals surface area contributed by atoms with Gasteiger partial charge < -0.3 is 15.5 Å². The minimum absolute atomic E-state index is 0.532. The van der Waals surface area contributed by atoms with Crippen LogP contribution in [0.5, 0.6) is 0 Å². The molecule has 7 heteroatoms. The number of nitrogens with zero attached hydrogens (tertiary/aromatic N) is 5. The summed E-state index contributed by atoms with van der Waals surface area (Å²) in [5.74, 6) is 0.577. The van der Waals surface area contributed by atoms with Crippen LogP contribution in [0.2, 0.25) is 0 Å². The number of benzene rings is 1. The minimum Gasteiger partial charge on any atom is -0.370 e. The molecule has 0 aliphatic carbocycles. The molecule has 1 aromatic heterocycles. The van der Waals surface area contributed by atoms with Crippen molar-refractivity contribution < 1.29 is 0 Å². The SMILES string of the molecule is N#Cc1ccc(CN=C(N)N2CCN(c3nccs3)CC2)cc1. The lowest BCUT2D eigenvalue weighted by Crippen LogP contribution is -2.51. The Morgan fingerprint density at radius 1 is 1.26 bits per heavy atom. The van der Waals surface area contributed by atoms with E-state index in [-0.39, 0.29) is 0 Å². The van der Waals surface area contributed by atoms with E-state index in [1.807, 2.05) is 23.7 Å². The smallest absolute Gasteiger partial charge is 0.191 e. The second-order valence-electron chi connectivity index (χ2n) is 5.27. The molecule has 1 saturated heterocycles. The number of aromatic nitrogens is 1. The van der Waals surface area contributed by atoms with E-state index in [1.165, 1.54) is 0 Å². The maximum absolute atomic E-state index is 8.79. The second kappa shape index (κ2) is 7.11. The van der Waals surface area contributed by atoms with Gasteiger partial charge in [-0.25, -0.2) is 9.98 Å². The molecular formula is C16H18N6S. The lowest BCUT2D eigenvalue weighted by atomic mass is 10.1. The summed E-state index contributed by atoms with van der Waals surface area (Å²) in [6, 6.07) is 9.53. The van der Waals surface area contributed by atoms with Crippen molar-refractivity contribution in [1.82, 2.24) is 9.88 Å². The summed E-state index contributed by atoms with van der Waals surface area (Å²) >= 11 is 1.66. The van der Waals surface area contributed by atoms with E-state index in [4.69, 9.17) is 11.0 Å². The molecule has 1 aliphatic heterocycles. The Balaban J connectivity index is 1.54. The highest BCUT2D eigenvalue weighted by Crippen LogP contribution is 2.18. The topological polar surface area (TPSA) is 81.5 Å². The van der Waals surface area contributed by atoms with Crippen LogP contribution in [-0.4, -0.2) is 42.0 Å². The van der Waals surface area contributed by atoms with Crippen molar-refractivity contribution in [3.8, 4) is 6.07 Å². The summed E-state index contributed by atoms with van der Waals surface area (Å²) in [7, 11) is 0. The molecule has 118 valence electrons. The van der Waals surface area contributed by atoms with Crippen molar-refractivity contribution >= 4 is 22.4 Å². The van der Waals surface area contributed by atoms with Crippen LogP contribution in [0.15, 0.2) is 40.8 Å². The highest BCUT2D eigenvalue weighted by atomic mass is 32.1. The third kappa shape index (κ3) is 3.79. The zero-order valence-corrected chi connectivity index (χ0v) is 13.5. The molecule has 0 saturated carbocycles. The summed E-state index contributed by atoms with van der Waals surface area (Å²) in [6.07, 6.45) is 1.83. The molecule has 2 N–H and O–H groups in total. The van der Waals surface area contributed by atoms with E-state index in [0.29, 0.717) is 18.1 Å². The molecule has 0 radical (unpaired) electrons. The molecule has 0 atom stereocenters. The molecule has 6 nitrogen and oxygen atoms in total. The average Bonchev–Trinajstić information content (AvgIpc) is 3.15. The van der Waals surface area contributed by atoms with Gasteiger partial charge in [-0.1, -0.05) is 12.1 Å². The quantitative estimate of drug-likeness (QED) is 0.685. The molecule has 0 bridgehead atoms. The van der Waals surface area contributed by atoms with Gasteiger partial charge in [-0.2, -0.15) is 5.26 Å². The van der Waals surface area contributed by atoms with Gasteiger partial charge in [-0.3, -0.25) is 0 Å². The number of anilines is 1. The van der Waals surface area contributed by atoms with Crippen molar-refractivity contribution in [2.45, 2.75) is 6.54 Å². The molecule has 2 heterocycles. The zero-order chi connectivity index (χ0) is 16.1. The van der Waals surface area contributed by atoms with Gasteiger partial charge in [0.15, 0.2) is 11.1 Å². The summed E-state index contributed by atoms with van der Waals surface area (Å²) in [4.78, 5) is 13.2. The number of nitriles is 1. The summed E-state index contributed by atoms with van der Waals surface area (Å²) in [6.45, 7) is 4.04. The summed E-state index contributed by atoms with van der Waals surface area (Å²) < 4.78 is 0. The molecule has 0 amide bonds. The molecule has 2 aromatic rings. The van der Waals surface area contributed by atoms with Crippen LogP contribution < -0.4 is 10.6 Å². The van der Waals surface area contributed by atoms with Gasteiger partial charge in [0, 0.05) is 37.8 Å². The first-order valence-corrected chi connectivity index (χ1v) is 8.32. The number of hydrogen-bond acceptors (Lipinski definition) is 5. The van der Waals surface area contributed by atoms with E-state index in [2.05, 4.69) is 25.8 Å². The fourth-order valence-corrected chi connectivity index (χ4v) is 3.15. The van der Waals surface area contributed by atoms with E-state index < -0.39 is 0 Å².